The summed E-state index contributed by atoms with van der Waals surface area (Å²) in [6.45, 7) is 4.28. The second kappa shape index (κ2) is 6.89. The van der Waals surface area contributed by atoms with E-state index in [1.54, 1.807) is 18.9 Å². The number of ether oxygens (including phenoxy) is 1. The summed E-state index contributed by atoms with van der Waals surface area (Å²) in [5, 5.41) is 9.51. The quantitative estimate of drug-likeness (QED) is 0.818. The molecule has 1 aromatic rings. The minimum Gasteiger partial charge on any atom is -0.497 e. The maximum atomic E-state index is 9.03. The van der Waals surface area contributed by atoms with Crippen molar-refractivity contribution in [3.63, 3.8) is 0 Å². The molecule has 3 unspecified atom stereocenters. The molecule has 0 bridgehead atoms. The summed E-state index contributed by atoms with van der Waals surface area (Å²) in [5.41, 5.74) is 7.28. The van der Waals surface area contributed by atoms with Gasteiger partial charge in [-0.15, -0.1) is 0 Å². The van der Waals surface area contributed by atoms with Crippen LogP contribution in [0.5, 0.6) is 5.75 Å². The van der Waals surface area contributed by atoms with Crippen LogP contribution in [0.25, 0.3) is 0 Å². The number of methoxy groups -OCH3 is 1. The molecule has 0 aliphatic carbocycles. The van der Waals surface area contributed by atoms with Crippen molar-refractivity contribution in [3.05, 3.63) is 29.8 Å². The second-order valence-electron chi connectivity index (χ2n) is 4.13. The largest absolute Gasteiger partial charge is 0.497 e. The van der Waals surface area contributed by atoms with E-state index in [1.165, 1.54) is 0 Å². The number of thioether (sulfide) groups is 1. The van der Waals surface area contributed by atoms with Crippen molar-refractivity contribution in [1.29, 1.82) is 0 Å². The highest BCUT2D eigenvalue weighted by Crippen LogP contribution is 2.28. The average molecular weight is 255 g/mol. The van der Waals surface area contributed by atoms with Gasteiger partial charge in [0.1, 0.15) is 5.75 Å². The normalized spacial score (nSPS) is 16.3. The van der Waals surface area contributed by atoms with E-state index in [0.717, 1.165) is 11.3 Å². The fourth-order valence-electron chi connectivity index (χ4n) is 1.59. The number of aliphatic hydroxyl groups is 1. The molecule has 0 fully saturated rings. The van der Waals surface area contributed by atoms with Gasteiger partial charge in [-0.25, -0.2) is 0 Å². The van der Waals surface area contributed by atoms with Crippen molar-refractivity contribution in [1.82, 2.24) is 0 Å². The second-order valence-corrected chi connectivity index (χ2v) is 5.95. The zero-order valence-corrected chi connectivity index (χ0v) is 11.4. The zero-order chi connectivity index (χ0) is 12.8. The van der Waals surface area contributed by atoms with Gasteiger partial charge in [-0.1, -0.05) is 26.0 Å². The summed E-state index contributed by atoms with van der Waals surface area (Å²) in [7, 11) is 1.65. The molecule has 0 aliphatic heterocycles. The van der Waals surface area contributed by atoms with Crippen LogP contribution in [0.3, 0.4) is 0 Å². The number of benzene rings is 1. The third-order valence-electron chi connectivity index (χ3n) is 2.71. The molecule has 0 saturated carbocycles. The molecular weight excluding hydrogens is 234 g/mol. The van der Waals surface area contributed by atoms with Crippen LogP contribution in [0.4, 0.5) is 0 Å². The van der Waals surface area contributed by atoms with E-state index in [0.29, 0.717) is 0 Å². The van der Waals surface area contributed by atoms with Crippen molar-refractivity contribution < 1.29 is 9.84 Å². The van der Waals surface area contributed by atoms with Crippen LogP contribution in [-0.2, 0) is 0 Å². The summed E-state index contributed by atoms with van der Waals surface area (Å²) in [4.78, 5) is 0. The molecule has 3 nitrogen and oxygen atoms in total. The summed E-state index contributed by atoms with van der Waals surface area (Å²) >= 11 is 1.71. The third-order valence-corrected chi connectivity index (χ3v) is 4.05. The van der Waals surface area contributed by atoms with E-state index in [9.17, 15) is 0 Å². The van der Waals surface area contributed by atoms with Gasteiger partial charge in [-0.2, -0.15) is 11.8 Å². The van der Waals surface area contributed by atoms with E-state index in [1.807, 2.05) is 31.2 Å². The smallest absolute Gasteiger partial charge is 0.118 e. The van der Waals surface area contributed by atoms with Crippen molar-refractivity contribution in [2.45, 2.75) is 30.4 Å². The van der Waals surface area contributed by atoms with Crippen LogP contribution in [0.2, 0.25) is 0 Å². The van der Waals surface area contributed by atoms with Crippen LogP contribution >= 0.6 is 11.8 Å². The van der Waals surface area contributed by atoms with Crippen LogP contribution in [-0.4, -0.2) is 29.3 Å². The van der Waals surface area contributed by atoms with E-state index >= 15 is 0 Å². The first-order valence-electron chi connectivity index (χ1n) is 5.74. The number of aliphatic hydroxyl groups excluding tert-OH is 1. The Hall–Kier alpha value is -0.710. The van der Waals surface area contributed by atoms with E-state index in [4.69, 9.17) is 15.6 Å². The molecule has 4 heteroatoms. The molecule has 0 amide bonds. The summed E-state index contributed by atoms with van der Waals surface area (Å²) < 4.78 is 5.11. The van der Waals surface area contributed by atoms with E-state index in [2.05, 4.69) is 6.92 Å². The predicted octanol–water partition coefficient (Wildman–Crippen LogP) is 2.20. The van der Waals surface area contributed by atoms with E-state index < -0.39 is 0 Å². The SMILES string of the molecule is COc1ccc(C(N)C(C)SC(C)CO)cc1. The molecule has 3 N–H and O–H groups in total. The lowest BCUT2D eigenvalue weighted by Crippen LogP contribution is -2.23. The predicted molar refractivity (Wildman–Crippen MR) is 73.5 cm³/mol. The molecule has 1 rings (SSSR count). The molecule has 0 aliphatic rings. The van der Waals surface area contributed by atoms with Gasteiger partial charge < -0.3 is 15.6 Å². The van der Waals surface area contributed by atoms with E-state index in [-0.39, 0.29) is 23.1 Å². The highest BCUT2D eigenvalue weighted by Gasteiger charge is 2.17. The number of hydrogen-bond acceptors (Lipinski definition) is 4. The van der Waals surface area contributed by atoms with Gasteiger partial charge in [0.2, 0.25) is 0 Å². The highest BCUT2D eigenvalue weighted by molar-refractivity contribution is 8.00. The first kappa shape index (κ1) is 14.4. The Morgan fingerprint density at radius 2 is 1.88 bits per heavy atom. The van der Waals surface area contributed by atoms with Crippen LogP contribution in [0.15, 0.2) is 24.3 Å². The third kappa shape index (κ3) is 4.22. The Labute approximate surface area is 107 Å². The molecule has 17 heavy (non-hydrogen) atoms. The molecule has 0 spiro atoms. The molecule has 96 valence electrons. The first-order chi connectivity index (χ1) is 8.08. The number of hydrogen-bond donors (Lipinski definition) is 2. The van der Waals surface area contributed by atoms with Gasteiger partial charge in [-0.05, 0) is 17.7 Å². The topological polar surface area (TPSA) is 55.5 Å². The first-order valence-corrected chi connectivity index (χ1v) is 6.68. The van der Waals surface area contributed by atoms with Gasteiger partial charge in [0.15, 0.2) is 0 Å². The molecule has 1 aromatic carbocycles. The van der Waals surface area contributed by atoms with Gasteiger partial charge in [0.25, 0.3) is 0 Å². The van der Waals surface area contributed by atoms with Crippen molar-refractivity contribution >= 4 is 11.8 Å². The Morgan fingerprint density at radius 3 is 2.35 bits per heavy atom. The molecule has 0 radical (unpaired) electrons. The Balaban J connectivity index is 2.64. The summed E-state index contributed by atoms with van der Waals surface area (Å²) in [6, 6.07) is 7.79. The van der Waals surface area contributed by atoms with Crippen molar-refractivity contribution in [3.8, 4) is 5.75 Å². The standard InChI is InChI=1S/C13H21NO2S/c1-9(8-15)17-10(2)13(14)11-4-6-12(16-3)7-5-11/h4-7,9-10,13,15H,8,14H2,1-3H3. The molecule has 0 heterocycles. The fourth-order valence-corrected chi connectivity index (χ4v) is 2.74. The molecular formula is C13H21NO2S. The lowest BCUT2D eigenvalue weighted by atomic mass is 10.1. The lowest BCUT2D eigenvalue weighted by molar-refractivity contribution is 0.299. The number of nitrogens with two attached hydrogens (primary N) is 1. The van der Waals surface area contributed by atoms with Crippen LogP contribution in [0.1, 0.15) is 25.5 Å². The minimum atomic E-state index is -0.0279. The maximum Gasteiger partial charge on any atom is 0.118 e. The average Bonchev–Trinajstić information content (AvgIpc) is 2.37. The monoisotopic (exact) mass is 255 g/mol. The summed E-state index contributed by atoms with van der Waals surface area (Å²) in [5.74, 6) is 0.838. The lowest BCUT2D eigenvalue weighted by Gasteiger charge is -2.22. The maximum absolute atomic E-state index is 9.03. The molecule has 0 aromatic heterocycles. The van der Waals surface area contributed by atoms with Gasteiger partial charge in [0.05, 0.1) is 13.7 Å². The van der Waals surface area contributed by atoms with Gasteiger partial charge in [0, 0.05) is 16.5 Å². The van der Waals surface area contributed by atoms with Crippen LogP contribution in [0, 0.1) is 0 Å². The molecule has 0 saturated heterocycles. The van der Waals surface area contributed by atoms with Crippen molar-refractivity contribution in [2.75, 3.05) is 13.7 Å². The van der Waals surface area contributed by atoms with Crippen LogP contribution < -0.4 is 10.5 Å². The number of rotatable bonds is 6. The molecule has 3 atom stereocenters. The Morgan fingerprint density at radius 1 is 1.29 bits per heavy atom. The summed E-state index contributed by atoms with van der Waals surface area (Å²) in [6.07, 6.45) is 0. The minimum absolute atomic E-state index is 0.0279. The zero-order valence-electron chi connectivity index (χ0n) is 10.6. The Kier molecular flexibility index (Phi) is 5.82. The fraction of sp³-hybridized carbons (Fsp3) is 0.538. The Bertz CT molecular complexity index is 329. The van der Waals surface area contributed by atoms with Crippen molar-refractivity contribution in [2.24, 2.45) is 5.73 Å². The van der Waals surface area contributed by atoms with Gasteiger partial charge in [-0.3, -0.25) is 0 Å². The highest BCUT2D eigenvalue weighted by atomic mass is 32.2. The van der Waals surface area contributed by atoms with Gasteiger partial charge >= 0.3 is 0 Å².